The summed E-state index contributed by atoms with van der Waals surface area (Å²) >= 11 is 3.15. The van der Waals surface area contributed by atoms with Crippen LogP contribution in [-0.2, 0) is 0 Å². The summed E-state index contributed by atoms with van der Waals surface area (Å²) in [7, 11) is 0. The van der Waals surface area contributed by atoms with Gasteiger partial charge in [-0.2, -0.15) is 5.26 Å². The highest BCUT2D eigenvalue weighted by atomic mass is 79.9. The molecule has 2 aromatic rings. The number of rotatable bonds is 3. The number of halogens is 2. The molecule has 0 radical (unpaired) electrons. The molecule has 0 saturated carbocycles. The van der Waals surface area contributed by atoms with Crippen molar-refractivity contribution in [3.05, 3.63) is 69.4 Å². The SMILES string of the molecule is Cc1ccccc1C(C#N)C(=O)c1cc(F)cc(Br)c1. The Morgan fingerprint density at radius 3 is 2.60 bits per heavy atom. The van der Waals surface area contributed by atoms with E-state index in [0.717, 1.165) is 11.6 Å². The van der Waals surface area contributed by atoms with E-state index in [1.54, 1.807) is 12.1 Å². The molecule has 0 heterocycles. The molecule has 0 amide bonds. The van der Waals surface area contributed by atoms with Crippen molar-refractivity contribution < 1.29 is 9.18 Å². The summed E-state index contributed by atoms with van der Waals surface area (Å²) in [6.45, 7) is 1.84. The molecule has 1 atom stereocenters. The molecule has 1 unspecified atom stereocenters. The number of benzene rings is 2. The van der Waals surface area contributed by atoms with E-state index in [0.29, 0.717) is 10.0 Å². The predicted octanol–water partition coefficient (Wildman–Crippen LogP) is 4.39. The van der Waals surface area contributed by atoms with Crippen molar-refractivity contribution in [1.82, 2.24) is 0 Å². The fourth-order valence-electron chi connectivity index (χ4n) is 2.04. The van der Waals surface area contributed by atoms with Crippen molar-refractivity contribution >= 4 is 21.7 Å². The Balaban J connectivity index is 2.45. The fourth-order valence-corrected chi connectivity index (χ4v) is 2.51. The van der Waals surface area contributed by atoms with E-state index in [1.807, 2.05) is 25.1 Å². The number of Topliss-reactive ketones (excluding diaryl/α,β-unsaturated/α-hetero) is 1. The van der Waals surface area contributed by atoms with Gasteiger partial charge in [-0.05, 0) is 36.2 Å². The molecular weight excluding hydrogens is 321 g/mol. The van der Waals surface area contributed by atoms with E-state index in [-0.39, 0.29) is 5.56 Å². The van der Waals surface area contributed by atoms with Crippen LogP contribution in [0.2, 0.25) is 0 Å². The Morgan fingerprint density at radius 1 is 1.30 bits per heavy atom. The minimum atomic E-state index is -0.926. The number of carbonyl (C=O) groups is 1. The number of carbonyl (C=O) groups excluding carboxylic acids is 1. The smallest absolute Gasteiger partial charge is 0.184 e. The molecule has 0 fully saturated rings. The van der Waals surface area contributed by atoms with Crippen LogP contribution in [-0.4, -0.2) is 5.78 Å². The second-order valence-corrected chi connectivity index (χ2v) is 5.36. The lowest BCUT2D eigenvalue weighted by Gasteiger charge is -2.11. The quantitative estimate of drug-likeness (QED) is 0.783. The van der Waals surface area contributed by atoms with Gasteiger partial charge in [0.25, 0.3) is 0 Å². The Morgan fingerprint density at radius 2 is 2.00 bits per heavy atom. The maximum absolute atomic E-state index is 13.4. The number of aryl methyl sites for hydroxylation is 1. The standard InChI is InChI=1S/C16H11BrFNO/c1-10-4-2-3-5-14(10)15(9-19)16(20)11-6-12(17)8-13(18)7-11/h2-8,15H,1H3. The molecule has 2 aromatic carbocycles. The first kappa shape index (κ1) is 14.4. The van der Waals surface area contributed by atoms with Gasteiger partial charge in [0, 0.05) is 10.0 Å². The topological polar surface area (TPSA) is 40.9 Å². The largest absolute Gasteiger partial charge is 0.292 e. The number of hydrogen-bond acceptors (Lipinski definition) is 2. The van der Waals surface area contributed by atoms with Crippen LogP contribution in [0.4, 0.5) is 4.39 Å². The van der Waals surface area contributed by atoms with Crippen molar-refractivity contribution in [3.8, 4) is 6.07 Å². The van der Waals surface area contributed by atoms with Crippen molar-refractivity contribution in [2.45, 2.75) is 12.8 Å². The van der Waals surface area contributed by atoms with Gasteiger partial charge in [-0.15, -0.1) is 0 Å². The van der Waals surface area contributed by atoms with Crippen LogP contribution in [0.25, 0.3) is 0 Å². The summed E-state index contributed by atoms with van der Waals surface area (Å²) in [5.41, 5.74) is 1.70. The van der Waals surface area contributed by atoms with Gasteiger partial charge in [0.2, 0.25) is 0 Å². The number of hydrogen-bond donors (Lipinski definition) is 0. The van der Waals surface area contributed by atoms with Gasteiger partial charge in [-0.1, -0.05) is 40.2 Å². The van der Waals surface area contributed by atoms with Crippen LogP contribution < -0.4 is 0 Å². The summed E-state index contributed by atoms with van der Waals surface area (Å²) in [5, 5.41) is 9.30. The minimum Gasteiger partial charge on any atom is -0.292 e. The van der Waals surface area contributed by atoms with E-state index in [4.69, 9.17) is 0 Å². The summed E-state index contributed by atoms with van der Waals surface area (Å²) in [6.07, 6.45) is 0. The van der Waals surface area contributed by atoms with Gasteiger partial charge in [0.15, 0.2) is 5.78 Å². The van der Waals surface area contributed by atoms with Crippen LogP contribution in [0.1, 0.15) is 27.4 Å². The average Bonchev–Trinajstić information content (AvgIpc) is 2.40. The molecule has 0 bridgehead atoms. The monoisotopic (exact) mass is 331 g/mol. The van der Waals surface area contributed by atoms with Crippen molar-refractivity contribution in [3.63, 3.8) is 0 Å². The first-order valence-electron chi connectivity index (χ1n) is 5.98. The van der Waals surface area contributed by atoms with Gasteiger partial charge >= 0.3 is 0 Å². The molecule has 100 valence electrons. The molecule has 0 aliphatic heterocycles. The zero-order valence-corrected chi connectivity index (χ0v) is 12.3. The van der Waals surface area contributed by atoms with Gasteiger partial charge < -0.3 is 0 Å². The maximum Gasteiger partial charge on any atom is 0.184 e. The molecule has 0 aliphatic rings. The molecule has 0 spiro atoms. The Bertz CT molecular complexity index is 686. The summed E-state index contributed by atoms with van der Waals surface area (Å²) in [5.74, 6) is -1.84. The highest BCUT2D eigenvalue weighted by Gasteiger charge is 2.23. The molecule has 0 saturated heterocycles. The van der Waals surface area contributed by atoms with Gasteiger partial charge in [-0.3, -0.25) is 4.79 Å². The van der Waals surface area contributed by atoms with E-state index < -0.39 is 17.5 Å². The van der Waals surface area contributed by atoms with Crippen LogP contribution >= 0.6 is 15.9 Å². The zero-order chi connectivity index (χ0) is 14.7. The summed E-state index contributed by atoms with van der Waals surface area (Å²) in [6, 6.07) is 13.2. The van der Waals surface area contributed by atoms with Crippen molar-refractivity contribution in [2.24, 2.45) is 0 Å². The Labute approximate surface area is 125 Å². The fraction of sp³-hybridized carbons (Fsp3) is 0.125. The third-order valence-corrected chi connectivity index (χ3v) is 3.50. The van der Waals surface area contributed by atoms with Crippen LogP contribution in [0, 0.1) is 24.1 Å². The first-order valence-corrected chi connectivity index (χ1v) is 6.77. The molecule has 2 rings (SSSR count). The van der Waals surface area contributed by atoms with E-state index >= 15 is 0 Å². The molecule has 4 heteroatoms. The van der Waals surface area contributed by atoms with E-state index in [1.165, 1.54) is 12.1 Å². The predicted molar refractivity (Wildman–Crippen MR) is 78.0 cm³/mol. The zero-order valence-electron chi connectivity index (χ0n) is 10.7. The number of nitrogens with zero attached hydrogens (tertiary/aromatic N) is 1. The number of nitriles is 1. The lowest BCUT2D eigenvalue weighted by Crippen LogP contribution is -2.12. The lowest BCUT2D eigenvalue weighted by molar-refractivity contribution is 0.0978. The van der Waals surface area contributed by atoms with Gasteiger partial charge in [0.1, 0.15) is 11.7 Å². The van der Waals surface area contributed by atoms with Gasteiger partial charge in [0.05, 0.1) is 6.07 Å². The van der Waals surface area contributed by atoms with E-state index in [2.05, 4.69) is 15.9 Å². The Kier molecular flexibility index (Phi) is 4.31. The van der Waals surface area contributed by atoms with Gasteiger partial charge in [-0.25, -0.2) is 4.39 Å². The average molecular weight is 332 g/mol. The molecule has 0 aromatic heterocycles. The molecular formula is C16H11BrFNO. The van der Waals surface area contributed by atoms with Crippen LogP contribution in [0.3, 0.4) is 0 Å². The maximum atomic E-state index is 13.4. The third kappa shape index (κ3) is 2.94. The minimum absolute atomic E-state index is 0.187. The number of ketones is 1. The highest BCUT2D eigenvalue weighted by molar-refractivity contribution is 9.10. The molecule has 20 heavy (non-hydrogen) atoms. The van der Waals surface area contributed by atoms with Crippen LogP contribution in [0.15, 0.2) is 46.9 Å². The van der Waals surface area contributed by atoms with Crippen LogP contribution in [0.5, 0.6) is 0 Å². The van der Waals surface area contributed by atoms with Crippen molar-refractivity contribution in [2.75, 3.05) is 0 Å². The lowest BCUT2D eigenvalue weighted by atomic mass is 9.89. The second kappa shape index (κ2) is 5.98. The second-order valence-electron chi connectivity index (χ2n) is 4.44. The highest BCUT2D eigenvalue weighted by Crippen LogP contribution is 2.25. The molecule has 0 N–H and O–H groups in total. The van der Waals surface area contributed by atoms with Crippen molar-refractivity contribution in [1.29, 1.82) is 5.26 Å². The summed E-state index contributed by atoms with van der Waals surface area (Å²) < 4.78 is 13.8. The molecule has 2 nitrogen and oxygen atoms in total. The van der Waals surface area contributed by atoms with E-state index in [9.17, 15) is 14.4 Å². The normalized spacial score (nSPS) is 11.7. The first-order chi connectivity index (χ1) is 9.52. The molecule has 0 aliphatic carbocycles. The third-order valence-electron chi connectivity index (χ3n) is 3.04. The summed E-state index contributed by atoms with van der Waals surface area (Å²) in [4.78, 5) is 12.4. The Hall–Kier alpha value is -1.99.